The standard InChI is InChI=1S/C30H25N3O4S/c1-2-36-27-17-22(12-15-26(27)34)18-28-29(35)33(20-25-9-6-16-37-25)30(38-28)32-31-19-21-10-13-24(14-11-21)23-7-4-3-5-8-23/h3-19,34H,2,20H2,1H3/b28-18-,31-19-,32-30+. The quantitative estimate of drug-likeness (QED) is 0.161. The Bertz CT molecular complexity index is 1490. The lowest BCUT2D eigenvalue weighted by molar-refractivity contribution is -0.122. The summed E-state index contributed by atoms with van der Waals surface area (Å²) in [5.41, 5.74) is 3.88. The molecule has 1 aromatic heterocycles. The van der Waals surface area contributed by atoms with E-state index in [1.807, 2.05) is 55.5 Å². The van der Waals surface area contributed by atoms with Crippen LogP contribution in [-0.2, 0) is 11.3 Å². The first-order chi connectivity index (χ1) is 18.6. The molecule has 0 spiro atoms. The molecule has 190 valence electrons. The van der Waals surface area contributed by atoms with Crippen LogP contribution in [0, 0.1) is 0 Å². The molecular formula is C30H25N3O4S. The first kappa shape index (κ1) is 25.1. The van der Waals surface area contributed by atoms with Crippen molar-refractivity contribution in [2.24, 2.45) is 10.2 Å². The van der Waals surface area contributed by atoms with Gasteiger partial charge in [0.15, 0.2) is 16.7 Å². The summed E-state index contributed by atoms with van der Waals surface area (Å²) in [7, 11) is 0. The minimum atomic E-state index is -0.210. The van der Waals surface area contributed by atoms with Gasteiger partial charge in [-0.05, 0) is 71.3 Å². The molecule has 7 nitrogen and oxygen atoms in total. The zero-order chi connectivity index (χ0) is 26.3. The summed E-state index contributed by atoms with van der Waals surface area (Å²) >= 11 is 1.23. The molecule has 1 saturated heterocycles. The maximum Gasteiger partial charge on any atom is 0.267 e. The van der Waals surface area contributed by atoms with Crippen LogP contribution >= 0.6 is 11.8 Å². The zero-order valence-corrected chi connectivity index (χ0v) is 21.5. The number of benzene rings is 3. The van der Waals surface area contributed by atoms with Gasteiger partial charge in [-0.25, -0.2) is 0 Å². The Morgan fingerprint density at radius 2 is 1.74 bits per heavy atom. The Balaban J connectivity index is 1.38. The van der Waals surface area contributed by atoms with Crippen LogP contribution in [0.1, 0.15) is 23.8 Å². The van der Waals surface area contributed by atoms with Gasteiger partial charge in [0, 0.05) is 0 Å². The first-order valence-electron chi connectivity index (χ1n) is 12.1. The smallest absolute Gasteiger partial charge is 0.267 e. The second-order valence-electron chi connectivity index (χ2n) is 8.36. The Hall–Kier alpha value is -4.56. The summed E-state index contributed by atoms with van der Waals surface area (Å²) in [5, 5.41) is 19.1. The predicted octanol–water partition coefficient (Wildman–Crippen LogP) is 6.56. The maximum atomic E-state index is 13.3. The van der Waals surface area contributed by atoms with E-state index in [2.05, 4.69) is 22.3 Å². The molecule has 2 heterocycles. The van der Waals surface area contributed by atoms with Gasteiger partial charge in [-0.2, -0.15) is 5.10 Å². The molecule has 0 unspecified atom stereocenters. The summed E-state index contributed by atoms with van der Waals surface area (Å²) < 4.78 is 10.9. The summed E-state index contributed by atoms with van der Waals surface area (Å²) in [6.45, 7) is 2.49. The van der Waals surface area contributed by atoms with Crippen molar-refractivity contribution in [2.45, 2.75) is 13.5 Å². The molecule has 4 aromatic rings. The van der Waals surface area contributed by atoms with Crippen LogP contribution in [0.25, 0.3) is 17.2 Å². The normalized spacial score (nSPS) is 15.7. The van der Waals surface area contributed by atoms with Crippen LogP contribution in [0.5, 0.6) is 11.5 Å². The number of thioether (sulfide) groups is 1. The average Bonchev–Trinajstić information content (AvgIpc) is 3.56. The highest BCUT2D eigenvalue weighted by atomic mass is 32.2. The summed E-state index contributed by atoms with van der Waals surface area (Å²) in [4.78, 5) is 15.3. The largest absolute Gasteiger partial charge is 0.504 e. The van der Waals surface area contributed by atoms with Crippen molar-refractivity contribution in [3.8, 4) is 22.6 Å². The van der Waals surface area contributed by atoms with Gasteiger partial charge >= 0.3 is 0 Å². The number of hydrogen-bond acceptors (Lipinski definition) is 7. The molecule has 5 rings (SSSR count). The van der Waals surface area contributed by atoms with Crippen LogP contribution in [0.15, 0.2) is 111 Å². The van der Waals surface area contributed by atoms with Gasteiger partial charge in [-0.1, -0.05) is 60.7 Å². The molecule has 1 aliphatic rings. The molecule has 0 radical (unpaired) electrons. The lowest BCUT2D eigenvalue weighted by atomic mass is 10.0. The van der Waals surface area contributed by atoms with Crippen molar-refractivity contribution in [1.29, 1.82) is 0 Å². The second-order valence-corrected chi connectivity index (χ2v) is 9.37. The van der Waals surface area contributed by atoms with Crippen molar-refractivity contribution >= 4 is 35.1 Å². The van der Waals surface area contributed by atoms with Crippen LogP contribution in [0.4, 0.5) is 0 Å². The number of furan rings is 1. The lowest BCUT2D eigenvalue weighted by Gasteiger charge is -2.12. The average molecular weight is 524 g/mol. The summed E-state index contributed by atoms with van der Waals surface area (Å²) in [6.07, 6.45) is 4.98. The van der Waals surface area contributed by atoms with E-state index in [4.69, 9.17) is 9.15 Å². The number of rotatable bonds is 8. The number of hydrogen-bond donors (Lipinski definition) is 1. The summed E-state index contributed by atoms with van der Waals surface area (Å²) in [6, 6.07) is 26.7. The molecule has 1 amide bonds. The third-order valence-electron chi connectivity index (χ3n) is 5.73. The van der Waals surface area contributed by atoms with E-state index in [1.54, 1.807) is 42.8 Å². The van der Waals surface area contributed by atoms with E-state index in [0.29, 0.717) is 28.2 Å². The van der Waals surface area contributed by atoms with Gasteiger partial charge in [0.2, 0.25) is 0 Å². The van der Waals surface area contributed by atoms with Crippen molar-refractivity contribution in [3.63, 3.8) is 0 Å². The fourth-order valence-corrected chi connectivity index (χ4v) is 4.80. The number of amides is 1. The Morgan fingerprint density at radius 3 is 2.47 bits per heavy atom. The van der Waals surface area contributed by atoms with Gasteiger partial charge in [0.1, 0.15) is 5.76 Å². The number of nitrogens with zero attached hydrogens (tertiary/aromatic N) is 3. The van der Waals surface area contributed by atoms with Crippen molar-refractivity contribution in [3.05, 3.63) is 113 Å². The number of amidine groups is 1. The highest BCUT2D eigenvalue weighted by Crippen LogP contribution is 2.35. The van der Waals surface area contributed by atoms with Crippen LogP contribution < -0.4 is 4.74 Å². The molecule has 0 saturated carbocycles. The monoisotopic (exact) mass is 523 g/mol. The summed E-state index contributed by atoms with van der Waals surface area (Å²) in [5.74, 6) is 0.837. The topological polar surface area (TPSA) is 87.6 Å². The van der Waals surface area contributed by atoms with Gasteiger partial charge in [0.05, 0.1) is 30.5 Å². The molecule has 1 fully saturated rings. The minimum absolute atomic E-state index is 0.0484. The molecule has 1 N–H and O–H groups in total. The van der Waals surface area contributed by atoms with E-state index < -0.39 is 0 Å². The predicted molar refractivity (Wildman–Crippen MR) is 151 cm³/mol. The molecular weight excluding hydrogens is 498 g/mol. The van der Waals surface area contributed by atoms with Gasteiger partial charge < -0.3 is 14.3 Å². The molecule has 8 heteroatoms. The van der Waals surface area contributed by atoms with Crippen molar-refractivity contribution in [1.82, 2.24) is 4.90 Å². The van der Waals surface area contributed by atoms with E-state index in [0.717, 1.165) is 22.3 Å². The Labute approximate surface area is 224 Å². The van der Waals surface area contributed by atoms with Crippen LogP contribution in [0.3, 0.4) is 0 Å². The third-order valence-corrected chi connectivity index (χ3v) is 6.73. The molecule has 3 aromatic carbocycles. The first-order valence-corrected chi connectivity index (χ1v) is 12.9. The van der Waals surface area contributed by atoms with Gasteiger partial charge in [-0.15, -0.1) is 5.10 Å². The molecule has 0 aliphatic carbocycles. The number of carbonyl (C=O) groups excluding carboxylic acids is 1. The molecule has 0 atom stereocenters. The Kier molecular flexibility index (Phi) is 7.70. The number of ether oxygens (including phenoxy) is 1. The zero-order valence-electron chi connectivity index (χ0n) is 20.7. The number of carbonyl (C=O) groups is 1. The SMILES string of the molecule is CCOc1cc(/C=C2\S/C(=N/N=C\c3ccc(-c4ccccc4)cc3)N(Cc3ccco3)C2=O)ccc1O. The Morgan fingerprint density at radius 1 is 0.974 bits per heavy atom. The third kappa shape index (κ3) is 5.87. The van der Waals surface area contributed by atoms with Crippen LogP contribution in [0.2, 0.25) is 0 Å². The van der Waals surface area contributed by atoms with Crippen LogP contribution in [-0.4, -0.2) is 33.9 Å². The number of aromatic hydroxyl groups is 1. The lowest BCUT2D eigenvalue weighted by Crippen LogP contribution is -2.28. The number of phenolic OH excluding ortho intramolecular Hbond substituents is 1. The second kappa shape index (κ2) is 11.7. The minimum Gasteiger partial charge on any atom is -0.504 e. The van der Waals surface area contributed by atoms with Gasteiger partial charge in [0.25, 0.3) is 5.91 Å². The van der Waals surface area contributed by atoms with E-state index in [9.17, 15) is 9.90 Å². The molecule has 1 aliphatic heterocycles. The van der Waals surface area contributed by atoms with Gasteiger partial charge in [-0.3, -0.25) is 9.69 Å². The molecule has 38 heavy (non-hydrogen) atoms. The van der Waals surface area contributed by atoms with E-state index in [-0.39, 0.29) is 18.2 Å². The maximum absolute atomic E-state index is 13.3. The fraction of sp³-hybridized carbons (Fsp3) is 0.100. The van der Waals surface area contributed by atoms with E-state index >= 15 is 0 Å². The fourth-order valence-electron chi connectivity index (χ4n) is 3.86. The van der Waals surface area contributed by atoms with Crippen molar-refractivity contribution in [2.75, 3.05) is 6.61 Å². The molecule has 0 bridgehead atoms. The highest BCUT2D eigenvalue weighted by molar-refractivity contribution is 8.18. The number of phenols is 1. The highest BCUT2D eigenvalue weighted by Gasteiger charge is 2.34. The van der Waals surface area contributed by atoms with Crippen molar-refractivity contribution < 1.29 is 19.1 Å². The van der Waals surface area contributed by atoms with E-state index in [1.165, 1.54) is 16.7 Å².